The molecule has 0 bridgehead atoms. The van der Waals surface area contributed by atoms with Crippen LogP contribution in [0.3, 0.4) is 0 Å². The van der Waals surface area contributed by atoms with Crippen LogP contribution in [-0.4, -0.2) is 11.1 Å². The number of nitrogens with one attached hydrogen (secondary N) is 1. The molecule has 0 fully saturated rings. The highest BCUT2D eigenvalue weighted by atomic mass is 16.4. The molecule has 2 N–H and O–H groups in total. The van der Waals surface area contributed by atoms with Gasteiger partial charge in [0.25, 0.3) is 0 Å². The van der Waals surface area contributed by atoms with Crippen molar-refractivity contribution in [2.24, 2.45) is 0 Å². The summed E-state index contributed by atoms with van der Waals surface area (Å²) < 4.78 is 0. The SMILES string of the molecule is Cc1ccc(Nc2ccccc2C#N)cc1C(=O)O. The smallest absolute Gasteiger partial charge is 0.336 e. The molecule has 0 aliphatic rings. The van der Waals surface area contributed by atoms with Gasteiger partial charge < -0.3 is 10.4 Å². The van der Waals surface area contributed by atoms with E-state index in [4.69, 9.17) is 10.4 Å². The van der Waals surface area contributed by atoms with E-state index >= 15 is 0 Å². The number of nitrogens with zero attached hydrogens (tertiary/aromatic N) is 1. The van der Waals surface area contributed by atoms with Crippen LogP contribution < -0.4 is 5.32 Å². The molecule has 0 spiro atoms. The second kappa shape index (κ2) is 5.23. The highest BCUT2D eigenvalue weighted by Gasteiger charge is 2.08. The highest BCUT2D eigenvalue weighted by molar-refractivity contribution is 5.91. The highest BCUT2D eigenvalue weighted by Crippen LogP contribution is 2.22. The Morgan fingerprint density at radius 2 is 2.00 bits per heavy atom. The lowest BCUT2D eigenvalue weighted by molar-refractivity contribution is 0.0696. The van der Waals surface area contributed by atoms with E-state index in [-0.39, 0.29) is 5.56 Å². The maximum Gasteiger partial charge on any atom is 0.336 e. The maximum absolute atomic E-state index is 11.1. The zero-order valence-electron chi connectivity index (χ0n) is 10.3. The number of rotatable bonds is 3. The van der Waals surface area contributed by atoms with Crippen molar-refractivity contribution < 1.29 is 9.90 Å². The maximum atomic E-state index is 11.1. The van der Waals surface area contributed by atoms with E-state index in [0.29, 0.717) is 22.5 Å². The van der Waals surface area contributed by atoms with Crippen LogP contribution in [0.5, 0.6) is 0 Å². The van der Waals surface area contributed by atoms with Gasteiger partial charge in [0.1, 0.15) is 6.07 Å². The van der Waals surface area contributed by atoms with Gasteiger partial charge in [0.15, 0.2) is 0 Å². The van der Waals surface area contributed by atoms with Gasteiger partial charge in [-0.3, -0.25) is 0 Å². The number of anilines is 2. The number of benzene rings is 2. The Morgan fingerprint density at radius 3 is 2.68 bits per heavy atom. The standard InChI is InChI=1S/C15H12N2O2/c1-10-6-7-12(8-13(10)15(18)19)17-14-5-3-2-4-11(14)9-16/h2-8,17H,1H3,(H,18,19). The molecule has 19 heavy (non-hydrogen) atoms. The second-order valence-electron chi connectivity index (χ2n) is 4.12. The van der Waals surface area contributed by atoms with E-state index in [1.807, 2.05) is 6.07 Å². The van der Waals surface area contributed by atoms with Crippen molar-refractivity contribution in [2.75, 3.05) is 5.32 Å². The molecule has 2 rings (SSSR count). The summed E-state index contributed by atoms with van der Waals surface area (Å²) in [6, 6.07) is 14.2. The van der Waals surface area contributed by atoms with Gasteiger partial charge >= 0.3 is 5.97 Å². The topological polar surface area (TPSA) is 73.1 Å². The van der Waals surface area contributed by atoms with Crippen molar-refractivity contribution in [3.8, 4) is 6.07 Å². The van der Waals surface area contributed by atoms with Crippen molar-refractivity contribution in [1.82, 2.24) is 0 Å². The van der Waals surface area contributed by atoms with E-state index in [2.05, 4.69) is 11.4 Å². The summed E-state index contributed by atoms with van der Waals surface area (Å²) in [4.78, 5) is 11.1. The largest absolute Gasteiger partial charge is 0.478 e. The normalized spacial score (nSPS) is 9.68. The number of hydrogen-bond acceptors (Lipinski definition) is 3. The van der Waals surface area contributed by atoms with Crippen molar-refractivity contribution >= 4 is 17.3 Å². The molecule has 0 saturated heterocycles. The van der Waals surface area contributed by atoms with Crippen molar-refractivity contribution in [3.63, 3.8) is 0 Å². The van der Waals surface area contributed by atoms with Gasteiger partial charge in [-0.25, -0.2) is 4.79 Å². The summed E-state index contributed by atoms with van der Waals surface area (Å²) >= 11 is 0. The molecule has 2 aromatic rings. The Balaban J connectivity index is 2.37. The number of para-hydroxylation sites is 1. The van der Waals surface area contributed by atoms with Gasteiger partial charge in [0, 0.05) is 5.69 Å². The first-order chi connectivity index (χ1) is 9.11. The van der Waals surface area contributed by atoms with E-state index in [1.54, 1.807) is 43.3 Å². The Labute approximate surface area is 110 Å². The fourth-order valence-corrected chi connectivity index (χ4v) is 1.78. The van der Waals surface area contributed by atoms with Crippen LogP contribution in [0, 0.1) is 18.3 Å². The fourth-order valence-electron chi connectivity index (χ4n) is 1.78. The van der Waals surface area contributed by atoms with Crippen LogP contribution in [0.4, 0.5) is 11.4 Å². The molecule has 94 valence electrons. The molecule has 0 amide bonds. The molecule has 4 heteroatoms. The Hall–Kier alpha value is -2.80. The van der Waals surface area contributed by atoms with Gasteiger partial charge in [-0.15, -0.1) is 0 Å². The number of aryl methyl sites for hydroxylation is 1. The van der Waals surface area contributed by atoms with E-state index < -0.39 is 5.97 Å². The lowest BCUT2D eigenvalue weighted by Gasteiger charge is -2.10. The number of hydrogen-bond donors (Lipinski definition) is 2. The molecule has 0 saturated carbocycles. The lowest BCUT2D eigenvalue weighted by Crippen LogP contribution is -2.01. The number of nitriles is 1. The van der Waals surface area contributed by atoms with Crippen LogP contribution >= 0.6 is 0 Å². The van der Waals surface area contributed by atoms with Crippen molar-refractivity contribution in [1.29, 1.82) is 5.26 Å². The van der Waals surface area contributed by atoms with Gasteiger partial charge in [0.2, 0.25) is 0 Å². The first-order valence-electron chi connectivity index (χ1n) is 5.72. The zero-order valence-corrected chi connectivity index (χ0v) is 10.3. The Kier molecular flexibility index (Phi) is 3.48. The number of carboxylic acid groups (broad SMARTS) is 1. The molecule has 2 aromatic carbocycles. The second-order valence-corrected chi connectivity index (χ2v) is 4.12. The average molecular weight is 252 g/mol. The van der Waals surface area contributed by atoms with Crippen LogP contribution in [0.15, 0.2) is 42.5 Å². The molecule has 0 aliphatic heterocycles. The van der Waals surface area contributed by atoms with E-state index in [1.165, 1.54) is 0 Å². The van der Waals surface area contributed by atoms with Crippen LogP contribution in [-0.2, 0) is 0 Å². The minimum Gasteiger partial charge on any atom is -0.478 e. The third-order valence-corrected chi connectivity index (χ3v) is 2.79. The minimum absolute atomic E-state index is 0.249. The molecule has 0 aromatic heterocycles. The van der Waals surface area contributed by atoms with Gasteiger partial charge in [-0.2, -0.15) is 5.26 Å². The first-order valence-corrected chi connectivity index (χ1v) is 5.72. The first kappa shape index (κ1) is 12.7. The van der Waals surface area contributed by atoms with Crippen LogP contribution in [0.2, 0.25) is 0 Å². The zero-order chi connectivity index (χ0) is 13.8. The third kappa shape index (κ3) is 2.72. The summed E-state index contributed by atoms with van der Waals surface area (Å²) in [5.74, 6) is -0.963. The molecule has 0 unspecified atom stereocenters. The Bertz CT molecular complexity index is 672. The average Bonchev–Trinajstić information content (AvgIpc) is 2.41. The molecular formula is C15H12N2O2. The van der Waals surface area contributed by atoms with E-state index in [0.717, 1.165) is 0 Å². The summed E-state index contributed by atoms with van der Waals surface area (Å²) in [7, 11) is 0. The predicted octanol–water partition coefficient (Wildman–Crippen LogP) is 3.31. The molecule has 0 heterocycles. The predicted molar refractivity (Wildman–Crippen MR) is 72.6 cm³/mol. The quantitative estimate of drug-likeness (QED) is 0.878. The number of carbonyl (C=O) groups is 1. The van der Waals surface area contributed by atoms with Gasteiger partial charge in [-0.05, 0) is 36.8 Å². The molecular weight excluding hydrogens is 240 g/mol. The Morgan fingerprint density at radius 1 is 1.26 bits per heavy atom. The molecule has 0 radical (unpaired) electrons. The third-order valence-electron chi connectivity index (χ3n) is 2.79. The summed E-state index contributed by atoms with van der Waals surface area (Å²) in [5.41, 5.74) is 2.77. The summed E-state index contributed by atoms with van der Waals surface area (Å²) in [6.07, 6.45) is 0. The lowest BCUT2D eigenvalue weighted by atomic mass is 10.1. The molecule has 0 atom stereocenters. The molecule has 4 nitrogen and oxygen atoms in total. The molecule has 0 aliphatic carbocycles. The minimum atomic E-state index is -0.963. The fraction of sp³-hybridized carbons (Fsp3) is 0.0667. The monoisotopic (exact) mass is 252 g/mol. The summed E-state index contributed by atoms with van der Waals surface area (Å²) in [6.45, 7) is 1.75. The van der Waals surface area contributed by atoms with Crippen molar-refractivity contribution in [2.45, 2.75) is 6.92 Å². The van der Waals surface area contributed by atoms with Gasteiger partial charge in [0.05, 0.1) is 16.8 Å². The number of carboxylic acids is 1. The summed E-state index contributed by atoms with van der Waals surface area (Å²) in [5, 5.41) is 21.1. The van der Waals surface area contributed by atoms with Crippen LogP contribution in [0.25, 0.3) is 0 Å². The number of aromatic carboxylic acids is 1. The van der Waals surface area contributed by atoms with Crippen molar-refractivity contribution in [3.05, 3.63) is 59.2 Å². The van der Waals surface area contributed by atoms with Crippen LogP contribution in [0.1, 0.15) is 21.5 Å². The van der Waals surface area contributed by atoms with Gasteiger partial charge in [-0.1, -0.05) is 18.2 Å². The van der Waals surface area contributed by atoms with E-state index in [9.17, 15) is 4.79 Å².